The van der Waals surface area contributed by atoms with Gasteiger partial charge in [-0.25, -0.2) is 5.48 Å². The van der Waals surface area contributed by atoms with E-state index in [1.165, 1.54) is 0 Å². The third-order valence-electron chi connectivity index (χ3n) is 8.92. The Balaban J connectivity index is 4.56. The molecule has 1 aromatic rings. The summed E-state index contributed by atoms with van der Waals surface area (Å²) in [4.78, 5) is 11.6. The van der Waals surface area contributed by atoms with E-state index in [1.807, 2.05) is 0 Å². The van der Waals surface area contributed by atoms with E-state index in [1.54, 1.807) is 0 Å². The van der Waals surface area contributed by atoms with Gasteiger partial charge in [0.05, 0.1) is 0 Å². The highest BCUT2D eigenvalue weighted by atomic mass is 19.4. The van der Waals surface area contributed by atoms with Gasteiger partial charge in [0, 0.05) is 29.6 Å². The molecule has 0 radical (unpaired) electrons. The molecule has 0 heterocycles. The molecule has 1 amide bonds. The molecule has 0 aliphatic heterocycles. The van der Waals surface area contributed by atoms with Crippen molar-refractivity contribution in [2.24, 2.45) is 5.73 Å². The molecule has 0 fully saturated rings. The maximum atomic E-state index is 15.5. The molecule has 0 atom stereocenters. The van der Waals surface area contributed by atoms with Crippen LogP contribution in [-0.2, 0) is 21.4 Å². The average molecular weight is 1140 g/mol. The Morgan fingerprint density at radius 2 is 0.620 bits per heavy atom. The molecular weight excluding hydrogens is 1130 g/mol. The SMILES string of the molecule is NCCC(=O)NOB(O)c1c(C(F)(F)C(F)(F)C(F)(F)C(F)(F)C(F)(F)C(F)(F)C(F)(F)C(F)(F)C(F)(F)F)cccc1C(F)(F)C(F)(F)C(F)(F)C(F)(F)C(F)(F)C(F)(F)C(F)(F)C(F)(F)C(F)(F)F. The standard InChI is InChI=1S/C27H11BF38N2O3/c29-10(30,12(33,34)14(37,38)16(41,42)18(45,46)20(49,50)22(53,54)24(57,58)26(61,62)63)6-2-1-3-7(9(6)28(70)71-68-8(69)4-5-67)11(31,32)13(35,36)15(39,40)17(43,44)19(47,48)21(51,52)23(55,56)25(59,60)27(64,65)66/h1-3,70H,4-5,67H2,(H,68,69). The minimum Gasteiger partial charge on any atom is -0.422 e. The molecule has 0 unspecified atom stereocenters. The zero-order valence-electron chi connectivity index (χ0n) is 31.4. The summed E-state index contributed by atoms with van der Waals surface area (Å²) < 4.78 is 534. The summed E-state index contributed by atoms with van der Waals surface area (Å²) in [5.41, 5.74) is -8.17. The number of rotatable bonds is 21. The number of carbonyl (C=O) groups excluding carboxylic acids is 1. The van der Waals surface area contributed by atoms with Crippen molar-refractivity contribution < 1.29 is 181 Å². The van der Waals surface area contributed by atoms with Crippen LogP contribution in [0.25, 0.3) is 0 Å². The minimum absolute atomic E-state index is 0.412. The van der Waals surface area contributed by atoms with E-state index >= 15 is 17.6 Å². The van der Waals surface area contributed by atoms with Crippen LogP contribution in [0.15, 0.2) is 18.2 Å². The number of hydrogen-bond donors (Lipinski definition) is 3. The Labute approximate surface area is 361 Å². The predicted molar refractivity (Wildman–Crippen MR) is 146 cm³/mol. The summed E-state index contributed by atoms with van der Waals surface area (Å²) in [6.45, 7) is -1.08. The van der Waals surface area contributed by atoms with E-state index in [-0.39, 0.29) is 0 Å². The first-order chi connectivity index (χ1) is 30.5. The monoisotopic (exact) mass is 1140 g/mol. The highest BCUT2D eigenvalue weighted by molar-refractivity contribution is 6.61. The first-order valence-electron chi connectivity index (χ1n) is 16.1. The molecule has 5 nitrogen and oxygen atoms in total. The Kier molecular flexibility index (Phi) is 16.1. The minimum atomic E-state index is -9.80. The fourth-order valence-corrected chi connectivity index (χ4v) is 4.80. The van der Waals surface area contributed by atoms with Gasteiger partial charge in [-0.2, -0.15) is 167 Å². The summed E-state index contributed by atoms with van der Waals surface area (Å²) in [5.74, 6) is -152. The number of carbonyl (C=O) groups is 1. The third kappa shape index (κ3) is 8.52. The molecule has 0 saturated heterocycles. The van der Waals surface area contributed by atoms with Crippen LogP contribution in [0.3, 0.4) is 0 Å². The Hall–Kier alpha value is -4.03. The van der Waals surface area contributed by atoms with E-state index in [9.17, 15) is 159 Å². The number of alkyl halides is 38. The largest absolute Gasteiger partial charge is 0.515 e. The number of nitrogens with one attached hydrogen (secondary N) is 1. The molecule has 44 heteroatoms. The van der Waals surface area contributed by atoms with Gasteiger partial charge >= 0.3 is 114 Å². The summed E-state index contributed by atoms with van der Waals surface area (Å²) in [5, 5.41) is 9.99. The smallest absolute Gasteiger partial charge is 0.422 e. The van der Waals surface area contributed by atoms with Crippen molar-refractivity contribution in [3.63, 3.8) is 0 Å². The van der Waals surface area contributed by atoms with Crippen molar-refractivity contribution in [2.45, 2.75) is 114 Å². The lowest BCUT2D eigenvalue weighted by atomic mass is 9.69. The maximum absolute atomic E-state index is 15.5. The van der Waals surface area contributed by atoms with Crippen LogP contribution in [-0.4, -0.2) is 120 Å². The molecule has 71 heavy (non-hydrogen) atoms. The second kappa shape index (κ2) is 17.6. The molecule has 4 N–H and O–H groups in total. The van der Waals surface area contributed by atoms with Crippen LogP contribution in [0.1, 0.15) is 17.5 Å². The number of hydrogen-bond acceptors (Lipinski definition) is 4. The number of nitrogens with two attached hydrogens (primary N) is 1. The number of benzene rings is 1. The topological polar surface area (TPSA) is 84.6 Å². The Bertz CT molecular complexity index is 1960. The summed E-state index contributed by atoms with van der Waals surface area (Å²) >= 11 is 0. The predicted octanol–water partition coefficient (Wildman–Crippen LogP) is 11.0. The summed E-state index contributed by atoms with van der Waals surface area (Å²) in [6, 6.07) is -4.71. The Morgan fingerprint density at radius 1 is 0.408 bits per heavy atom. The molecule has 0 spiro atoms. The summed E-state index contributed by atoms with van der Waals surface area (Å²) in [7, 11) is -5.06. The first-order valence-corrected chi connectivity index (χ1v) is 16.1. The van der Waals surface area contributed by atoms with Crippen LogP contribution in [0.2, 0.25) is 0 Å². The van der Waals surface area contributed by atoms with Gasteiger partial charge in [0.2, 0.25) is 5.91 Å². The van der Waals surface area contributed by atoms with Crippen LogP contribution in [0.4, 0.5) is 167 Å². The van der Waals surface area contributed by atoms with Gasteiger partial charge in [-0.05, 0) is 0 Å². The molecule has 416 valence electrons. The fraction of sp³-hybridized carbons (Fsp3) is 0.741. The van der Waals surface area contributed by atoms with Crippen molar-refractivity contribution in [3.05, 3.63) is 29.3 Å². The lowest BCUT2D eigenvalue weighted by Gasteiger charge is -2.44. The maximum Gasteiger partial charge on any atom is 0.515 e. The second-order valence-electron chi connectivity index (χ2n) is 13.5. The van der Waals surface area contributed by atoms with Gasteiger partial charge in [-0.3, -0.25) is 9.55 Å². The van der Waals surface area contributed by atoms with Gasteiger partial charge in [0.1, 0.15) is 0 Å². The number of amides is 1. The van der Waals surface area contributed by atoms with Crippen molar-refractivity contribution in [3.8, 4) is 0 Å². The van der Waals surface area contributed by atoms with E-state index in [2.05, 4.69) is 4.76 Å². The lowest BCUT2D eigenvalue weighted by Crippen LogP contribution is -2.76. The molecule has 1 rings (SSSR count). The molecule has 0 aromatic heterocycles. The zero-order chi connectivity index (χ0) is 57.8. The van der Waals surface area contributed by atoms with Gasteiger partial charge in [-0.1, -0.05) is 18.2 Å². The quantitative estimate of drug-likeness (QED) is 0.0651. The fourth-order valence-electron chi connectivity index (χ4n) is 4.80. The molecule has 1 aromatic carbocycles. The van der Waals surface area contributed by atoms with Crippen LogP contribution in [0.5, 0.6) is 0 Å². The van der Waals surface area contributed by atoms with Crippen molar-refractivity contribution >= 4 is 18.5 Å². The van der Waals surface area contributed by atoms with Crippen molar-refractivity contribution in [1.29, 1.82) is 0 Å². The van der Waals surface area contributed by atoms with Crippen LogP contribution in [0, 0.1) is 0 Å². The van der Waals surface area contributed by atoms with Crippen molar-refractivity contribution in [2.75, 3.05) is 6.54 Å². The van der Waals surface area contributed by atoms with E-state index in [0.717, 1.165) is 0 Å². The van der Waals surface area contributed by atoms with Gasteiger partial charge in [0.25, 0.3) is 0 Å². The van der Waals surface area contributed by atoms with E-state index < -0.39 is 168 Å². The molecular formula is C27H11BF38N2O3. The van der Waals surface area contributed by atoms with Crippen LogP contribution < -0.4 is 16.7 Å². The molecule has 0 bridgehead atoms. The lowest BCUT2D eigenvalue weighted by molar-refractivity contribution is -0.469. The molecule has 0 aliphatic rings. The third-order valence-corrected chi connectivity index (χ3v) is 8.92. The van der Waals surface area contributed by atoms with Crippen molar-refractivity contribution in [1.82, 2.24) is 5.48 Å². The van der Waals surface area contributed by atoms with Gasteiger partial charge < -0.3 is 10.8 Å². The highest BCUT2D eigenvalue weighted by Crippen LogP contribution is 2.68. The normalized spacial score (nSPS) is 16.1. The number of hydroxylamine groups is 1. The average Bonchev–Trinajstić information content (AvgIpc) is 3.17. The van der Waals surface area contributed by atoms with Crippen LogP contribution >= 0.6 is 0 Å². The van der Waals surface area contributed by atoms with Gasteiger partial charge in [0.15, 0.2) is 0 Å². The Morgan fingerprint density at radius 3 is 0.831 bits per heavy atom. The van der Waals surface area contributed by atoms with E-state index in [4.69, 9.17) is 5.73 Å². The highest BCUT2D eigenvalue weighted by Gasteiger charge is 2.99. The second-order valence-corrected chi connectivity index (χ2v) is 13.5. The summed E-state index contributed by atoms with van der Waals surface area (Å²) in [6.07, 6.45) is -18.2. The molecule has 0 saturated carbocycles. The first kappa shape index (κ1) is 65.0. The van der Waals surface area contributed by atoms with E-state index in [0.29, 0.717) is 5.48 Å². The number of halogens is 38. The molecule has 0 aliphatic carbocycles. The zero-order valence-corrected chi connectivity index (χ0v) is 31.4. The van der Waals surface area contributed by atoms with Gasteiger partial charge in [-0.15, -0.1) is 0 Å².